The van der Waals surface area contributed by atoms with Gasteiger partial charge in [-0.2, -0.15) is 0 Å². The lowest BCUT2D eigenvalue weighted by molar-refractivity contribution is -0.131. The number of ether oxygens (including phenoxy) is 3. The Morgan fingerprint density at radius 1 is 0.939 bits per heavy atom. The summed E-state index contributed by atoms with van der Waals surface area (Å²) in [7, 11) is 4.87. The molecule has 0 saturated carbocycles. The first-order chi connectivity index (χ1) is 16.0. The second kappa shape index (κ2) is 9.94. The molecule has 1 aromatic heterocycles. The fraction of sp³-hybridized carbons (Fsp3) is 0.333. The first kappa shape index (κ1) is 22.6. The van der Waals surface area contributed by atoms with Crippen molar-refractivity contribution in [2.24, 2.45) is 0 Å². The monoisotopic (exact) mass is 446 g/mol. The van der Waals surface area contributed by atoms with Crippen molar-refractivity contribution in [3.8, 4) is 28.4 Å². The summed E-state index contributed by atoms with van der Waals surface area (Å²) in [5.74, 6) is 2.21. The standard InChI is InChI=1S/C27H30N2O4/c1-18-14-21(20-8-10-22(31-2)11-9-20)17-23(28-18)24-6-5-13-29(24)27(30)16-19-7-12-25(32-3)26(15-19)33-4/h7-12,14-15,17,24H,5-6,13,16H2,1-4H3. The van der Waals surface area contributed by atoms with Crippen molar-refractivity contribution in [2.75, 3.05) is 27.9 Å². The molecule has 0 spiro atoms. The summed E-state index contributed by atoms with van der Waals surface area (Å²) in [6.07, 6.45) is 2.19. The smallest absolute Gasteiger partial charge is 0.227 e. The Labute approximate surface area is 195 Å². The molecule has 2 heterocycles. The molecule has 0 aliphatic carbocycles. The highest BCUT2D eigenvalue weighted by atomic mass is 16.5. The summed E-state index contributed by atoms with van der Waals surface area (Å²) in [6.45, 7) is 2.74. The summed E-state index contributed by atoms with van der Waals surface area (Å²) in [4.78, 5) is 20.1. The number of benzene rings is 2. The van der Waals surface area contributed by atoms with Gasteiger partial charge in [0, 0.05) is 12.2 Å². The van der Waals surface area contributed by atoms with Gasteiger partial charge in [0.1, 0.15) is 5.75 Å². The average molecular weight is 447 g/mol. The van der Waals surface area contributed by atoms with Crippen LogP contribution in [-0.2, 0) is 11.2 Å². The van der Waals surface area contributed by atoms with Crippen molar-refractivity contribution in [2.45, 2.75) is 32.2 Å². The van der Waals surface area contributed by atoms with Gasteiger partial charge in [0.15, 0.2) is 11.5 Å². The maximum Gasteiger partial charge on any atom is 0.227 e. The second-order valence-corrected chi connectivity index (χ2v) is 8.26. The van der Waals surface area contributed by atoms with E-state index in [0.29, 0.717) is 17.9 Å². The summed E-state index contributed by atoms with van der Waals surface area (Å²) < 4.78 is 16.0. The molecule has 0 N–H and O–H groups in total. The van der Waals surface area contributed by atoms with E-state index in [4.69, 9.17) is 19.2 Å². The van der Waals surface area contributed by atoms with E-state index in [2.05, 4.69) is 12.1 Å². The summed E-state index contributed by atoms with van der Waals surface area (Å²) in [6, 6.07) is 17.8. The van der Waals surface area contributed by atoms with Crippen molar-refractivity contribution in [1.29, 1.82) is 0 Å². The minimum Gasteiger partial charge on any atom is -0.497 e. The van der Waals surface area contributed by atoms with Gasteiger partial charge in [-0.15, -0.1) is 0 Å². The molecule has 4 rings (SSSR count). The molecular weight excluding hydrogens is 416 g/mol. The second-order valence-electron chi connectivity index (χ2n) is 8.26. The molecule has 6 nitrogen and oxygen atoms in total. The zero-order chi connectivity index (χ0) is 23.4. The predicted molar refractivity (Wildman–Crippen MR) is 128 cm³/mol. The van der Waals surface area contributed by atoms with Gasteiger partial charge in [0.05, 0.1) is 39.5 Å². The van der Waals surface area contributed by atoms with Crippen LogP contribution in [0.5, 0.6) is 17.2 Å². The highest BCUT2D eigenvalue weighted by Gasteiger charge is 2.31. The van der Waals surface area contributed by atoms with Crippen LogP contribution in [0, 0.1) is 6.92 Å². The number of methoxy groups -OCH3 is 3. The van der Waals surface area contributed by atoms with Crippen LogP contribution < -0.4 is 14.2 Å². The third kappa shape index (κ3) is 4.95. The topological polar surface area (TPSA) is 60.9 Å². The first-order valence-electron chi connectivity index (χ1n) is 11.2. The summed E-state index contributed by atoms with van der Waals surface area (Å²) in [5.41, 5.74) is 4.99. The van der Waals surface area contributed by atoms with Crippen LogP contribution >= 0.6 is 0 Å². The molecule has 1 aliphatic rings. The highest BCUT2D eigenvalue weighted by molar-refractivity contribution is 5.80. The number of pyridine rings is 1. The molecule has 1 unspecified atom stereocenters. The molecule has 2 aromatic carbocycles. The Morgan fingerprint density at radius 2 is 1.70 bits per heavy atom. The van der Waals surface area contributed by atoms with Gasteiger partial charge in [-0.1, -0.05) is 18.2 Å². The van der Waals surface area contributed by atoms with Gasteiger partial charge < -0.3 is 19.1 Å². The maximum absolute atomic E-state index is 13.3. The number of aryl methyl sites for hydroxylation is 1. The van der Waals surface area contributed by atoms with Gasteiger partial charge in [0.2, 0.25) is 5.91 Å². The number of carbonyl (C=O) groups is 1. The molecular formula is C27H30N2O4. The van der Waals surface area contributed by atoms with Crippen molar-refractivity contribution in [3.63, 3.8) is 0 Å². The number of hydrogen-bond donors (Lipinski definition) is 0. The van der Waals surface area contributed by atoms with E-state index in [1.54, 1.807) is 21.3 Å². The number of nitrogens with zero attached hydrogens (tertiary/aromatic N) is 2. The first-order valence-corrected chi connectivity index (χ1v) is 11.2. The van der Waals surface area contributed by atoms with Gasteiger partial charge in [-0.25, -0.2) is 0 Å². The van der Waals surface area contributed by atoms with Gasteiger partial charge in [-0.3, -0.25) is 9.78 Å². The van der Waals surface area contributed by atoms with E-state index in [9.17, 15) is 4.79 Å². The third-order valence-electron chi connectivity index (χ3n) is 6.11. The fourth-order valence-corrected chi connectivity index (χ4v) is 4.45. The van der Waals surface area contributed by atoms with Crippen LogP contribution in [-0.4, -0.2) is 43.7 Å². The van der Waals surface area contributed by atoms with Crippen LogP contribution in [0.4, 0.5) is 0 Å². The van der Waals surface area contributed by atoms with E-state index in [1.807, 2.05) is 54.3 Å². The molecule has 0 bridgehead atoms. The lowest BCUT2D eigenvalue weighted by Gasteiger charge is -2.25. The average Bonchev–Trinajstić information content (AvgIpc) is 3.34. The lowest BCUT2D eigenvalue weighted by Crippen LogP contribution is -2.32. The van der Waals surface area contributed by atoms with Crippen LogP contribution in [0.15, 0.2) is 54.6 Å². The van der Waals surface area contributed by atoms with E-state index in [-0.39, 0.29) is 11.9 Å². The van der Waals surface area contributed by atoms with E-state index in [1.165, 1.54) is 0 Å². The normalized spacial score (nSPS) is 15.4. The maximum atomic E-state index is 13.3. The lowest BCUT2D eigenvalue weighted by atomic mass is 10.0. The van der Waals surface area contributed by atoms with Gasteiger partial charge in [0.25, 0.3) is 0 Å². The van der Waals surface area contributed by atoms with Crippen LogP contribution in [0.2, 0.25) is 0 Å². The number of aromatic nitrogens is 1. The minimum atomic E-state index is -0.0189. The Morgan fingerprint density at radius 3 is 2.39 bits per heavy atom. The minimum absolute atomic E-state index is 0.0189. The SMILES string of the molecule is COc1ccc(-c2cc(C)nc(C3CCCN3C(=O)Cc3ccc(OC)c(OC)c3)c2)cc1. The number of carbonyl (C=O) groups excluding carboxylic acids is 1. The fourth-order valence-electron chi connectivity index (χ4n) is 4.45. The van der Waals surface area contributed by atoms with Crippen molar-refractivity contribution in [3.05, 3.63) is 71.5 Å². The van der Waals surface area contributed by atoms with E-state index < -0.39 is 0 Å². The summed E-state index contributed by atoms with van der Waals surface area (Å²) in [5, 5.41) is 0. The van der Waals surface area contributed by atoms with Crippen molar-refractivity contribution in [1.82, 2.24) is 9.88 Å². The largest absolute Gasteiger partial charge is 0.497 e. The molecule has 172 valence electrons. The number of rotatable bonds is 7. The highest BCUT2D eigenvalue weighted by Crippen LogP contribution is 2.35. The number of likely N-dealkylation sites (tertiary alicyclic amines) is 1. The molecule has 1 saturated heterocycles. The molecule has 1 atom stereocenters. The number of amides is 1. The molecule has 1 amide bonds. The quantitative estimate of drug-likeness (QED) is 0.512. The molecule has 1 aliphatic heterocycles. The third-order valence-corrected chi connectivity index (χ3v) is 6.11. The zero-order valence-electron chi connectivity index (χ0n) is 19.6. The Bertz CT molecular complexity index is 1130. The number of hydrogen-bond acceptors (Lipinski definition) is 5. The molecule has 6 heteroatoms. The van der Waals surface area contributed by atoms with Crippen molar-refractivity contribution >= 4 is 5.91 Å². The van der Waals surface area contributed by atoms with E-state index >= 15 is 0 Å². The molecule has 33 heavy (non-hydrogen) atoms. The Balaban J connectivity index is 1.56. The van der Waals surface area contributed by atoms with Crippen LogP contribution in [0.1, 0.15) is 35.8 Å². The molecule has 3 aromatic rings. The van der Waals surface area contributed by atoms with Crippen LogP contribution in [0.3, 0.4) is 0 Å². The van der Waals surface area contributed by atoms with Crippen LogP contribution in [0.25, 0.3) is 11.1 Å². The molecule has 1 fully saturated rings. The van der Waals surface area contributed by atoms with Gasteiger partial charge in [-0.05, 0) is 72.9 Å². The Hall–Kier alpha value is -3.54. The molecule has 0 radical (unpaired) electrons. The summed E-state index contributed by atoms with van der Waals surface area (Å²) >= 11 is 0. The zero-order valence-corrected chi connectivity index (χ0v) is 19.6. The predicted octanol–water partition coefficient (Wildman–Crippen LogP) is 4.99. The Kier molecular flexibility index (Phi) is 6.82. The van der Waals surface area contributed by atoms with Gasteiger partial charge >= 0.3 is 0 Å². The van der Waals surface area contributed by atoms with E-state index in [0.717, 1.165) is 53.2 Å². The van der Waals surface area contributed by atoms with Crippen molar-refractivity contribution < 1.29 is 19.0 Å².